The summed E-state index contributed by atoms with van der Waals surface area (Å²) in [6.45, 7) is 19.0. The molecule has 3 aliphatic carbocycles. The van der Waals surface area contributed by atoms with Gasteiger partial charge in [0.05, 0.1) is 12.7 Å². The van der Waals surface area contributed by atoms with E-state index in [0.717, 1.165) is 32.1 Å². The molecule has 6 atom stereocenters. The summed E-state index contributed by atoms with van der Waals surface area (Å²) in [5.41, 5.74) is 2.72. The normalized spacial score (nSPS) is 30.6. The van der Waals surface area contributed by atoms with Crippen LogP contribution in [0.3, 0.4) is 0 Å². The topological polar surface area (TPSA) is 55.8 Å². The lowest BCUT2D eigenvalue weighted by Gasteiger charge is -2.53. The van der Waals surface area contributed by atoms with Gasteiger partial charge in [0.1, 0.15) is 0 Å². The molecule has 44 heavy (non-hydrogen) atoms. The Morgan fingerprint density at radius 3 is 2.09 bits per heavy atom. The Morgan fingerprint density at radius 1 is 0.955 bits per heavy atom. The molecule has 0 amide bonds. The lowest BCUT2D eigenvalue weighted by molar-refractivity contribution is -0.146. The molecule has 0 radical (unpaired) electrons. The predicted octanol–water partition coefficient (Wildman–Crippen LogP) is 7.68. The van der Waals surface area contributed by atoms with E-state index in [-0.39, 0.29) is 33.9 Å². The van der Waals surface area contributed by atoms with Crippen molar-refractivity contribution in [2.45, 2.75) is 105 Å². The minimum absolute atomic E-state index is 0.0254. The number of benzene rings is 2. The molecule has 240 valence electrons. The van der Waals surface area contributed by atoms with Crippen molar-refractivity contribution in [3.63, 3.8) is 0 Å². The van der Waals surface area contributed by atoms with E-state index in [9.17, 15) is 9.90 Å². The van der Waals surface area contributed by atoms with Crippen LogP contribution < -0.4 is 10.4 Å². The molecule has 0 heterocycles. The van der Waals surface area contributed by atoms with Gasteiger partial charge in [0.25, 0.3) is 8.32 Å². The van der Waals surface area contributed by atoms with E-state index < -0.39 is 8.32 Å². The Bertz CT molecular complexity index is 1290. The van der Waals surface area contributed by atoms with Gasteiger partial charge in [-0.2, -0.15) is 0 Å². The number of aliphatic hydroxyl groups is 1. The highest BCUT2D eigenvalue weighted by Gasteiger charge is 2.55. The molecule has 3 aliphatic rings. The molecule has 0 bridgehead atoms. The fraction of sp³-hybridized carbons (Fsp3) is 0.615. The smallest absolute Gasteiger partial charge is 0.302 e. The molecule has 0 aromatic heterocycles. The molecular formula is C39H56O4Si. The number of esters is 1. The van der Waals surface area contributed by atoms with Crippen LogP contribution in [0.1, 0.15) is 93.9 Å². The van der Waals surface area contributed by atoms with Crippen LogP contribution in [0.2, 0.25) is 5.04 Å². The average molecular weight is 617 g/mol. The molecule has 0 spiro atoms. The SMILES string of the molecule is CC(=O)OC[C@H]1C[C@@H](C)CC[C@]1(C)[C@H]1CCC2=C(C[C@@H](O)C2(C)C)[C@@H]1CO[Si](c1ccccc1)(c1ccccc1)C(C)(C)C. The zero-order valence-electron chi connectivity index (χ0n) is 28.5. The van der Waals surface area contributed by atoms with Gasteiger partial charge in [0, 0.05) is 24.9 Å². The molecule has 5 rings (SSSR count). The van der Waals surface area contributed by atoms with Gasteiger partial charge in [-0.05, 0) is 70.7 Å². The molecule has 0 saturated heterocycles. The highest BCUT2D eigenvalue weighted by Crippen LogP contribution is 2.60. The monoisotopic (exact) mass is 616 g/mol. The molecule has 5 heteroatoms. The average Bonchev–Trinajstić information content (AvgIpc) is 3.22. The molecule has 0 aliphatic heterocycles. The Labute approximate surface area is 267 Å². The van der Waals surface area contributed by atoms with Crippen molar-refractivity contribution in [2.75, 3.05) is 13.2 Å². The fourth-order valence-electron chi connectivity index (χ4n) is 9.38. The van der Waals surface area contributed by atoms with Crippen LogP contribution in [0.15, 0.2) is 71.8 Å². The zero-order valence-corrected chi connectivity index (χ0v) is 29.5. The Kier molecular flexibility index (Phi) is 9.44. The summed E-state index contributed by atoms with van der Waals surface area (Å²) >= 11 is 0. The van der Waals surface area contributed by atoms with Crippen molar-refractivity contribution in [1.82, 2.24) is 0 Å². The molecule has 1 saturated carbocycles. The third kappa shape index (κ3) is 5.89. The molecule has 2 aromatic rings. The van der Waals surface area contributed by atoms with E-state index in [4.69, 9.17) is 9.16 Å². The van der Waals surface area contributed by atoms with Crippen LogP contribution in [-0.4, -0.2) is 38.7 Å². The van der Waals surface area contributed by atoms with E-state index in [1.807, 2.05) is 0 Å². The first-order valence-electron chi connectivity index (χ1n) is 17.0. The van der Waals surface area contributed by atoms with Crippen molar-refractivity contribution in [2.24, 2.45) is 34.5 Å². The summed E-state index contributed by atoms with van der Waals surface area (Å²) < 4.78 is 13.4. The van der Waals surface area contributed by atoms with E-state index in [1.54, 1.807) is 0 Å². The molecule has 4 nitrogen and oxygen atoms in total. The van der Waals surface area contributed by atoms with Gasteiger partial charge in [-0.25, -0.2) is 0 Å². The Morgan fingerprint density at radius 2 is 1.55 bits per heavy atom. The van der Waals surface area contributed by atoms with Crippen LogP contribution in [0, 0.1) is 34.5 Å². The largest absolute Gasteiger partial charge is 0.466 e. The number of rotatable bonds is 8. The fourth-order valence-corrected chi connectivity index (χ4v) is 14.0. The lowest BCUT2D eigenvalue weighted by Crippen LogP contribution is -2.67. The highest BCUT2D eigenvalue weighted by molar-refractivity contribution is 6.99. The highest BCUT2D eigenvalue weighted by atomic mass is 28.4. The van der Waals surface area contributed by atoms with E-state index in [0.29, 0.717) is 31.0 Å². The molecular weight excluding hydrogens is 561 g/mol. The molecule has 1 fully saturated rings. The van der Waals surface area contributed by atoms with Crippen molar-refractivity contribution in [1.29, 1.82) is 0 Å². The third-order valence-electron chi connectivity index (χ3n) is 12.1. The molecule has 2 aromatic carbocycles. The number of carbonyl (C=O) groups excluding carboxylic acids is 1. The predicted molar refractivity (Wildman–Crippen MR) is 182 cm³/mol. The second-order valence-corrected chi connectivity index (χ2v) is 20.4. The van der Waals surface area contributed by atoms with Gasteiger partial charge >= 0.3 is 5.97 Å². The molecule has 0 unspecified atom stereocenters. The van der Waals surface area contributed by atoms with Crippen molar-refractivity contribution in [3.8, 4) is 0 Å². The van der Waals surface area contributed by atoms with Crippen molar-refractivity contribution >= 4 is 24.7 Å². The van der Waals surface area contributed by atoms with Crippen LogP contribution in [-0.2, 0) is 14.0 Å². The van der Waals surface area contributed by atoms with Crippen LogP contribution in [0.5, 0.6) is 0 Å². The number of ether oxygens (including phenoxy) is 1. The number of hydrogen-bond donors (Lipinski definition) is 1. The maximum Gasteiger partial charge on any atom is 0.302 e. The maximum atomic E-state index is 12.0. The summed E-state index contributed by atoms with van der Waals surface area (Å²) in [4.78, 5) is 12.0. The lowest BCUT2D eigenvalue weighted by atomic mass is 9.53. The van der Waals surface area contributed by atoms with E-state index >= 15 is 0 Å². The summed E-state index contributed by atoms with van der Waals surface area (Å²) in [6, 6.07) is 21.9. The summed E-state index contributed by atoms with van der Waals surface area (Å²) in [7, 11) is -2.75. The van der Waals surface area contributed by atoms with Gasteiger partial charge in [-0.15, -0.1) is 0 Å². The minimum Gasteiger partial charge on any atom is -0.466 e. The summed E-state index contributed by atoms with van der Waals surface area (Å²) in [5, 5.41) is 13.9. The number of aliphatic hydroxyl groups excluding tert-OH is 1. The van der Waals surface area contributed by atoms with E-state index in [2.05, 4.69) is 109 Å². The maximum absolute atomic E-state index is 12.0. The number of carbonyl (C=O) groups is 1. The van der Waals surface area contributed by atoms with Gasteiger partial charge in [0.2, 0.25) is 0 Å². The second kappa shape index (κ2) is 12.5. The van der Waals surface area contributed by atoms with Crippen LogP contribution >= 0.6 is 0 Å². The minimum atomic E-state index is -2.75. The molecule has 1 N–H and O–H groups in total. The van der Waals surface area contributed by atoms with Crippen LogP contribution in [0.25, 0.3) is 0 Å². The van der Waals surface area contributed by atoms with Crippen LogP contribution in [0.4, 0.5) is 0 Å². The quantitative estimate of drug-likeness (QED) is 0.188. The Hall–Kier alpha value is -2.21. The van der Waals surface area contributed by atoms with Crippen molar-refractivity contribution < 1.29 is 19.1 Å². The first-order chi connectivity index (χ1) is 20.7. The number of hydrogen-bond acceptors (Lipinski definition) is 4. The van der Waals surface area contributed by atoms with Gasteiger partial charge in [-0.3, -0.25) is 4.79 Å². The third-order valence-corrected chi connectivity index (χ3v) is 17.1. The van der Waals surface area contributed by atoms with Gasteiger partial charge < -0.3 is 14.3 Å². The summed E-state index contributed by atoms with van der Waals surface area (Å²) in [5.74, 6) is 1.37. The van der Waals surface area contributed by atoms with Gasteiger partial charge in [-0.1, -0.05) is 127 Å². The summed E-state index contributed by atoms with van der Waals surface area (Å²) in [6.07, 6.45) is 5.91. The van der Waals surface area contributed by atoms with Crippen molar-refractivity contribution in [3.05, 3.63) is 71.8 Å². The van der Waals surface area contributed by atoms with Gasteiger partial charge in [0.15, 0.2) is 0 Å². The standard InChI is InChI=1S/C39H56O4Si/c1-27-21-22-39(8,29(23-27)25-42-28(2)40)35-20-19-34-32(24-36(41)38(34,6)7)33(35)26-43-44(37(3,4)5,30-15-11-9-12-16-30)31-17-13-10-14-18-31/h9-18,27,29,33,35-36,41H,19-26H2,1-8H3/t27-,29+,33-,35-,36+,39-/m0/s1. The first-order valence-corrected chi connectivity index (χ1v) is 18.9. The second-order valence-electron chi connectivity index (χ2n) is 16.1. The zero-order chi connectivity index (χ0) is 31.9. The Balaban J connectivity index is 1.61. The van der Waals surface area contributed by atoms with E-state index in [1.165, 1.54) is 34.9 Å². The first kappa shape index (κ1) is 33.2.